The maximum atomic E-state index is 6.06. The van der Waals surface area contributed by atoms with E-state index in [1.807, 2.05) is 42.5 Å². The lowest BCUT2D eigenvalue weighted by Gasteiger charge is -2.39. The maximum absolute atomic E-state index is 6.06. The van der Waals surface area contributed by atoms with Crippen LogP contribution in [0.25, 0.3) is 22.3 Å². The predicted molar refractivity (Wildman–Crippen MR) is 109 cm³/mol. The number of anilines is 1. The first-order valence-corrected chi connectivity index (χ1v) is 9.40. The molecule has 5 nitrogen and oxygen atoms in total. The Balaban J connectivity index is 1.39. The summed E-state index contributed by atoms with van der Waals surface area (Å²) in [6.07, 6.45) is 3.44. The summed E-state index contributed by atoms with van der Waals surface area (Å²) < 4.78 is 0. The average Bonchev–Trinajstić information content (AvgIpc) is 3.04. The van der Waals surface area contributed by atoms with Crippen LogP contribution in [0.4, 0.5) is 5.82 Å². The molecule has 1 fully saturated rings. The number of benzene rings is 2. The van der Waals surface area contributed by atoms with Crippen LogP contribution in [-0.4, -0.2) is 33.0 Å². The molecule has 0 aliphatic carbocycles. The van der Waals surface area contributed by atoms with Crippen molar-refractivity contribution in [1.82, 2.24) is 19.9 Å². The van der Waals surface area contributed by atoms with E-state index in [4.69, 9.17) is 28.2 Å². The number of aromatic nitrogens is 4. The van der Waals surface area contributed by atoms with Gasteiger partial charge in [0, 0.05) is 41.1 Å². The minimum Gasteiger partial charge on any atom is -0.353 e. The molecule has 0 bridgehead atoms. The third-order valence-corrected chi connectivity index (χ3v) is 5.31. The van der Waals surface area contributed by atoms with Gasteiger partial charge in [0.05, 0.1) is 17.0 Å². The summed E-state index contributed by atoms with van der Waals surface area (Å²) in [5.41, 5.74) is 3.78. The smallest absolute Gasteiger partial charge is 0.155 e. The van der Waals surface area contributed by atoms with Crippen molar-refractivity contribution in [2.24, 2.45) is 0 Å². The molecule has 0 amide bonds. The first-order valence-electron chi connectivity index (χ1n) is 8.64. The molecule has 0 saturated carbocycles. The normalized spacial score (nSPS) is 14.5. The van der Waals surface area contributed by atoms with E-state index in [-0.39, 0.29) is 0 Å². The minimum absolute atomic E-state index is 0.330. The first-order chi connectivity index (χ1) is 13.2. The number of H-pyrrole nitrogens is 1. The number of imidazole rings is 1. The molecule has 3 heterocycles. The average molecular weight is 396 g/mol. The van der Waals surface area contributed by atoms with E-state index in [1.165, 1.54) is 0 Å². The highest BCUT2D eigenvalue weighted by atomic mass is 35.5. The van der Waals surface area contributed by atoms with E-state index >= 15 is 0 Å². The van der Waals surface area contributed by atoms with Crippen LogP contribution in [0.2, 0.25) is 10.0 Å². The number of halogens is 2. The quantitative estimate of drug-likeness (QED) is 0.534. The summed E-state index contributed by atoms with van der Waals surface area (Å²) in [4.78, 5) is 19.4. The molecule has 134 valence electrons. The zero-order chi connectivity index (χ0) is 18.4. The number of hydrogen-bond donors (Lipinski definition) is 1. The summed E-state index contributed by atoms with van der Waals surface area (Å²) in [5, 5.41) is 1.40. The summed E-state index contributed by atoms with van der Waals surface area (Å²) in [5.74, 6) is 2.20. The summed E-state index contributed by atoms with van der Waals surface area (Å²) in [6, 6.07) is 13.4. The lowest BCUT2D eigenvalue weighted by molar-refractivity contribution is 0.501. The van der Waals surface area contributed by atoms with Gasteiger partial charge in [-0.05, 0) is 30.3 Å². The van der Waals surface area contributed by atoms with Crippen LogP contribution >= 0.6 is 23.2 Å². The van der Waals surface area contributed by atoms with Gasteiger partial charge < -0.3 is 9.88 Å². The lowest BCUT2D eigenvalue weighted by atomic mass is 9.98. The van der Waals surface area contributed by atoms with E-state index in [0.717, 1.165) is 47.0 Å². The molecule has 4 aromatic rings. The zero-order valence-electron chi connectivity index (χ0n) is 14.2. The van der Waals surface area contributed by atoms with Gasteiger partial charge in [0.25, 0.3) is 0 Å². The number of rotatable bonds is 3. The standard InChI is InChI=1S/C20H15Cl2N5/c21-14-3-1-12(2-4-14)18-20(24-8-7-23-18)27-10-13(11-27)19-25-16-6-5-15(22)9-17(16)26-19/h1-9,13H,10-11H2,(H,25,26). The Bertz CT molecular complexity index is 1120. The van der Waals surface area contributed by atoms with Crippen LogP contribution in [-0.2, 0) is 0 Å². The molecule has 1 N–H and O–H groups in total. The molecular weight excluding hydrogens is 381 g/mol. The summed E-state index contributed by atoms with van der Waals surface area (Å²) in [6.45, 7) is 1.68. The van der Waals surface area contributed by atoms with Crippen molar-refractivity contribution in [2.45, 2.75) is 5.92 Å². The van der Waals surface area contributed by atoms with Crippen LogP contribution in [0.15, 0.2) is 54.9 Å². The molecular formula is C20H15Cl2N5. The number of nitrogens with zero attached hydrogens (tertiary/aromatic N) is 4. The van der Waals surface area contributed by atoms with Gasteiger partial charge in [-0.1, -0.05) is 35.3 Å². The molecule has 2 aromatic heterocycles. The Morgan fingerprint density at radius 2 is 1.67 bits per heavy atom. The largest absolute Gasteiger partial charge is 0.353 e. The van der Waals surface area contributed by atoms with E-state index < -0.39 is 0 Å². The van der Waals surface area contributed by atoms with Gasteiger partial charge in [0.1, 0.15) is 11.5 Å². The summed E-state index contributed by atoms with van der Waals surface area (Å²) in [7, 11) is 0. The van der Waals surface area contributed by atoms with Crippen LogP contribution in [0, 0.1) is 0 Å². The monoisotopic (exact) mass is 395 g/mol. The van der Waals surface area contributed by atoms with Gasteiger partial charge in [-0.15, -0.1) is 0 Å². The van der Waals surface area contributed by atoms with Gasteiger partial charge in [-0.2, -0.15) is 0 Å². The zero-order valence-corrected chi connectivity index (χ0v) is 15.7. The SMILES string of the molecule is Clc1ccc(-c2nccnc2N2CC(c3nc4cc(Cl)ccc4[nH]3)C2)cc1. The molecule has 1 aliphatic rings. The van der Waals surface area contributed by atoms with Gasteiger partial charge in [0.15, 0.2) is 5.82 Å². The highest BCUT2D eigenvalue weighted by Gasteiger charge is 2.33. The van der Waals surface area contributed by atoms with Crippen molar-refractivity contribution in [3.8, 4) is 11.3 Å². The van der Waals surface area contributed by atoms with Gasteiger partial charge >= 0.3 is 0 Å². The van der Waals surface area contributed by atoms with Crippen molar-refractivity contribution in [3.63, 3.8) is 0 Å². The fourth-order valence-electron chi connectivity index (χ4n) is 3.39. The fourth-order valence-corrected chi connectivity index (χ4v) is 3.68. The van der Waals surface area contributed by atoms with Crippen molar-refractivity contribution in [3.05, 3.63) is 70.7 Å². The van der Waals surface area contributed by atoms with Crippen molar-refractivity contribution >= 4 is 40.1 Å². The number of hydrogen-bond acceptors (Lipinski definition) is 4. The highest BCUT2D eigenvalue weighted by molar-refractivity contribution is 6.31. The lowest BCUT2D eigenvalue weighted by Crippen LogP contribution is -2.46. The maximum Gasteiger partial charge on any atom is 0.155 e. The topological polar surface area (TPSA) is 57.7 Å². The third kappa shape index (κ3) is 3.03. The first kappa shape index (κ1) is 16.5. The second-order valence-corrected chi connectivity index (χ2v) is 7.49. The predicted octanol–water partition coefficient (Wildman–Crippen LogP) is 4.93. The van der Waals surface area contributed by atoms with Gasteiger partial charge in [-0.25, -0.2) is 9.97 Å². The van der Waals surface area contributed by atoms with Crippen LogP contribution in [0.1, 0.15) is 11.7 Å². The van der Waals surface area contributed by atoms with Crippen molar-refractivity contribution in [2.75, 3.05) is 18.0 Å². The van der Waals surface area contributed by atoms with Crippen LogP contribution in [0.3, 0.4) is 0 Å². The molecule has 2 aromatic carbocycles. The molecule has 1 saturated heterocycles. The number of nitrogens with one attached hydrogen (secondary N) is 1. The second kappa shape index (κ2) is 6.51. The Kier molecular flexibility index (Phi) is 3.99. The van der Waals surface area contributed by atoms with Gasteiger partial charge in [0.2, 0.25) is 0 Å². The Hall–Kier alpha value is -2.63. The van der Waals surface area contributed by atoms with E-state index in [1.54, 1.807) is 12.4 Å². The Morgan fingerprint density at radius 1 is 0.926 bits per heavy atom. The Labute approximate surface area is 166 Å². The molecule has 27 heavy (non-hydrogen) atoms. The number of aromatic amines is 1. The third-order valence-electron chi connectivity index (χ3n) is 4.83. The van der Waals surface area contributed by atoms with Crippen LogP contribution < -0.4 is 4.90 Å². The van der Waals surface area contributed by atoms with E-state index in [2.05, 4.69) is 19.9 Å². The highest BCUT2D eigenvalue weighted by Crippen LogP contribution is 2.35. The molecule has 0 radical (unpaired) electrons. The second-order valence-electron chi connectivity index (χ2n) is 6.62. The fraction of sp³-hybridized carbons (Fsp3) is 0.150. The molecule has 1 aliphatic heterocycles. The molecule has 0 atom stereocenters. The molecule has 0 unspecified atom stereocenters. The Morgan fingerprint density at radius 3 is 2.48 bits per heavy atom. The van der Waals surface area contributed by atoms with E-state index in [0.29, 0.717) is 16.0 Å². The molecule has 0 spiro atoms. The minimum atomic E-state index is 0.330. The molecule has 5 rings (SSSR count). The van der Waals surface area contributed by atoms with Crippen molar-refractivity contribution in [1.29, 1.82) is 0 Å². The van der Waals surface area contributed by atoms with Crippen molar-refractivity contribution < 1.29 is 0 Å². The number of fused-ring (bicyclic) bond motifs is 1. The van der Waals surface area contributed by atoms with Gasteiger partial charge in [-0.3, -0.25) is 4.98 Å². The van der Waals surface area contributed by atoms with E-state index in [9.17, 15) is 0 Å². The van der Waals surface area contributed by atoms with Crippen LogP contribution in [0.5, 0.6) is 0 Å². The molecule has 7 heteroatoms. The summed E-state index contributed by atoms with van der Waals surface area (Å²) >= 11 is 12.1.